The fourth-order valence-electron chi connectivity index (χ4n) is 3.23. The van der Waals surface area contributed by atoms with Crippen LogP contribution in [0.25, 0.3) is 0 Å². The van der Waals surface area contributed by atoms with Crippen LogP contribution in [-0.4, -0.2) is 42.0 Å². The first-order valence-corrected chi connectivity index (χ1v) is 8.19. The Balaban J connectivity index is 1.69. The third-order valence-electron chi connectivity index (χ3n) is 4.57. The van der Waals surface area contributed by atoms with Crippen molar-refractivity contribution in [2.24, 2.45) is 0 Å². The standard InChI is InChI=1S/C19H22FN3O/c1-13-4-5-17(15(3)10-13)22-6-8-23(9-7-22)19(24)16-12-21-18(20)11-14(16)2/h4-5,10-12H,6-9H2,1-3H3. The maximum absolute atomic E-state index is 13.1. The van der Waals surface area contributed by atoms with Crippen molar-refractivity contribution in [1.82, 2.24) is 9.88 Å². The van der Waals surface area contributed by atoms with Crippen molar-refractivity contribution < 1.29 is 9.18 Å². The van der Waals surface area contributed by atoms with Crippen LogP contribution >= 0.6 is 0 Å². The molecule has 2 aromatic rings. The molecule has 0 aliphatic carbocycles. The van der Waals surface area contributed by atoms with E-state index >= 15 is 0 Å². The summed E-state index contributed by atoms with van der Waals surface area (Å²) in [5.41, 5.74) is 4.85. The van der Waals surface area contributed by atoms with Crippen LogP contribution < -0.4 is 4.90 Å². The average molecular weight is 327 g/mol. The van der Waals surface area contributed by atoms with Gasteiger partial charge in [-0.2, -0.15) is 4.39 Å². The highest BCUT2D eigenvalue weighted by Gasteiger charge is 2.24. The molecule has 3 rings (SSSR count). The number of nitrogens with zero attached hydrogens (tertiary/aromatic N) is 3. The van der Waals surface area contributed by atoms with E-state index in [9.17, 15) is 9.18 Å². The Morgan fingerprint density at radius 2 is 1.75 bits per heavy atom. The number of aryl methyl sites for hydroxylation is 3. The normalized spacial score (nSPS) is 14.8. The summed E-state index contributed by atoms with van der Waals surface area (Å²) in [5, 5.41) is 0. The van der Waals surface area contributed by atoms with Gasteiger partial charge in [-0.25, -0.2) is 4.98 Å². The molecule has 2 heterocycles. The van der Waals surface area contributed by atoms with Crippen molar-refractivity contribution in [3.63, 3.8) is 0 Å². The minimum Gasteiger partial charge on any atom is -0.368 e. The summed E-state index contributed by atoms with van der Waals surface area (Å²) in [7, 11) is 0. The van der Waals surface area contributed by atoms with Gasteiger partial charge < -0.3 is 9.80 Å². The van der Waals surface area contributed by atoms with Gasteiger partial charge in [0.05, 0.1) is 5.56 Å². The molecule has 5 heteroatoms. The smallest absolute Gasteiger partial charge is 0.255 e. The number of amides is 1. The second kappa shape index (κ2) is 6.59. The van der Waals surface area contributed by atoms with Gasteiger partial charge >= 0.3 is 0 Å². The monoisotopic (exact) mass is 327 g/mol. The average Bonchev–Trinajstić information content (AvgIpc) is 2.54. The Bertz CT molecular complexity index is 767. The Morgan fingerprint density at radius 3 is 2.38 bits per heavy atom. The molecular weight excluding hydrogens is 305 g/mol. The van der Waals surface area contributed by atoms with E-state index in [4.69, 9.17) is 0 Å². The minimum absolute atomic E-state index is 0.0692. The highest BCUT2D eigenvalue weighted by Crippen LogP contribution is 2.23. The molecule has 0 N–H and O–H groups in total. The summed E-state index contributed by atoms with van der Waals surface area (Å²) >= 11 is 0. The predicted octanol–water partition coefficient (Wildman–Crippen LogP) is 3.11. The van der Waals surface area contributed by atoms with Crippen molar-refractivity contribution >= 4 is 11.6 Å². The van der Waals surface area contributed by atoms with Crippen molar-refractivity contribution in [3.8, 4) is 0 Å². The minimum atomic E-state index is -0.552. The van der Waals surface area contributed by atoms with Crippen LogP contribution in [0.5, 0.6) is 0 Å². The first kappa shape index (κ1) is 16.4. The van der Waals surface area contributed by atoms with Crippen molar-refractivity contribution in [2.75, 3.05) is 31.1 Å². The molecule has 24 heavy (non-hydrogen) atoms. The molecule has 0 unspecified atom stereocenters. The quantitative estimate of drug-likeness (QED) is 0.795. The lowest BCUT2D eigenvalue weighted by atomic mass is 10.1. The van der Waals surface area contributed by atoms with Gasteiger partial charge in [0.15, 0.2) is 0 Å². The second-order valence-corrected chi connectivity index (χ2v) is 6.39. The fourth-order valence-corrected chi connectivity index (χ4v) is 3.23. The SMILES string of the molecule is Cc1ccc(N2CCN(C(=O)c3cnc(F)cc3C)CC2)c(C)c1. The number of carbonyl (C=O) groups is 1. The number of rotatable bonds is 2. The number of anilines is 1. The Kier molecular flexibility index (Phi) is 4.51. The van der Waals surface area contributed by atoms with Crippen molar-refractivity contribution in [1.29, 1.82) is 0 Å². The van der Waals surface area contributed by atoms with E-state index < -0.39 is 5.95 Å². The number of hydrogen-bond donors (Lipinski definition) is 0. The molecule has 0 saturated carbocycles. The summed E-state index contributed by atoms with van der Waals surface area (Å²) in [4.78, 5) is 20.4. The molecule has 0 bridgehead atoms. The van der Waals surface area contributed by atoms with Crippen molar-refractivity contribution in [2.45, 2.75) is 20.8 Å². The number of piperazine rings is 1. The van der Waals surface area contributed by atoms with E-state index in [2.05, 4.69) is 41.9 Å². The van der Waals surface area contributed by atoms with Gasteiger partial charge in [0.25, 0.3) is 5.91 Å². The number of carbonyl (C=O) groups excluding carboxylic acids is 1. The van der Waals surface area contributed by atoms with Gasteiger partial charge in [-0.15, -0.1) is 0 Å². The van der Waals surface area contributed by atoms with Gasteiger partial charge in [-0.1, -0.05) is 17.7 Å². The molecule has 1 amide bonds. The van der Waals surface area contributed by atoms with Crippen LogP contribution in [0.3, 0.4) is 0 Å². The summed E-state index contributed by atoms with van der Waals surface area (Å²) < 4.78 is 13.1. The van der Waals surface area contributed by atoms with Gasteiger partial charge in [-0.05, 0) is 44.0 Å². The first-order chi connectivity index (χ1) is 11.5. The molecule has 1 aliphatic heterocycles. The maximum Gasteiger partial charge on any atom is 0.255 e. The van der Waals surface area contributed by atoms with Crippen molar-refractivity contribution in [3.05, 3.63) is 58.7 Å². The molecule has 1 aromatic carbocycles. The van der Waals surface area contributed by atoms with Gasteiger partial charge in [-0.3, -0.25) is 4.79 Å². The lowest BCUT2D eigenvalue weighted by Crippen LogP contribution is -2.49. The van der Waals surface area contributed by atoms with E-state index in [1.807, 2.05) is 4.90 Å². The topological polar surface area (TPSA) is 36.4 Å². The van der Waals surface area contributed by atoms with Crippen LogP contribution in [0.15, 0.2) is 30.5 Å². The van der Waals surface area contributed by atoms with Gasteiger partial charge in [0, 0.05) is 38.1 Å². The van der Waals surface area contributed by atoms with E-state index in [0.717, 1.165) is 13.1 Å². The number of benzene rings is 1. The van der Waals surface area contributed by atoms with Crippen LogP contribution in [0.2, 0.25) is 0 Å². The van der Waals surface area contributed by atoms with Crippen LogP contribution in [0, 0.1) is 26.7 Å². The maximum atomic E-state index is 13.1. The molecular formula is C19H22FN3O. The van der Waals surface area contributed by atoms with Crippen LogP contribution in [0.1, 0.15) is 27.0 Å². The largest absolute Gasteiger partial charge is 0.368 e. The van der Waals surface area contributed by atoms with E-state index in [-0.39, 0.29) is 5.91 Å². The summed E-state index contributed by atoms with van der Waals surface area (Å²) in [6, 6.07) is 7.75. The van der Waals surface area contributed by atoms with E-state index in [1.54, 1.807) is 6.92 Å². The molecule has 0 atom stereocenters. The zero-order chi connectivity index (χ0) is 17.3. The Labute approximate surface area is 141 Å². The lowest BCUT2D eigenvalue weighted by Gasteiger charge is -2.37. The molecule has 1 saturated heterocycles. The first-order valence-electron chi connectivity index (χ1n) is 8.19. The van der Waals surface area contributed by atoms with Crippen LogP contribution in [-0.2, 0) is 0 Å². The second-order valence-electron chi connectivity index (χ2n) is 6.39. The third-order valence-corrected chi connectivity index (χ3v) is 4.57. The van der Waals surface area contributed by atoms with E-state index in [1.165, 1.54) is 29.1 Å². The fraction of sp³-hybridized carbons (Fsp3) is 0.368. The molecule has 0 radical (unpaired) electrons. The predicted molar refractivity (Wildman–Crippen MR) is 93.0 cm³/mol. The Morgan fingerprint density at radius 1 is 1.04 bits per heavy atom. The summed E-state index contributed by atoms with van der Waals surface area (Å²) in [6.45, 7) is 8.85. The molecule has 0 spiro atoms. The number of pyridine rings is 1. The Hall–Kier alpha value is -2.43. The summed E-state index contributed by atoms with van der Waals surface area (Å²) in [5.74, 6) is -0.621. The van der Waals surface area contributed by atoms with Crippen LogP contribution in [0.4, 0.5) is 10.1 Å². The lowest BCUT2D eigenvalue weighted by molar-refractivity contribution is 0.0745. The molecule has 1 aliphatic rings. The third kappa shape index (κ3) is 3.25. The molecule has 126 valence electrons. The molecule has 4 nitrogen and oxygen atoms in total. The molecule has 1 aromatic heterocycles. The number of halogens is 1. The zero-order valence-electron chi connectivity index (χ0n) is 14.3. The highest BCUT2D eigenvalue weighted by molar-refractivity contribution is 5.95. The number of aromatic nitrogens is 1. The zero-order valence-corrected chi connectivity index (χ0v) is 14.3. The van der Waals surface area contributed by atoms with Gasteiger partial charge in [0.2, 0.25) is 5.95 Å². The number of hydrogen-bond acceptors (Lipinski definition) is 3. The van der Waals surface area contributed by atoms with E-state index in [0.29, 0.717) is 24.2 Å². The molecule has 1 fully saturated rings. The van der Waals surface area contributed by atoms with Gasteiger partial charge in [0.1, 0.15) is 0 Å². The summed E-state index contributed by atoms with van der Waals surface area (Å²) in [6.07, 6.45) is 1.34. The highest BCUT2D eigenvalue weighted by atomic mass is 19.1.